The summed E-state index contributed by atoms with van der Waals surface area (Å²) in [5.74, 6) is 1.97. The summed E-state index contributed by atoms with van der Waals surface area (Å²) in [5, 5.41) is 0. The predicted molar refractivity (Wildman–Crippen MR) is 73.2 cm³/mol. The largest absolute Gasteiger partial charge is 0.497 e. The highest BCUT2D eigenvalue weighted by atomic mass is 16.5. The Morgan fingerprint density at radius 1 is 1.44 bits per heavy atom. The maximum absolute atomic E-state index is 5.22. The average Bonchev–Trinajstić information content (AvgIpc) is 2.77. The van der Waals surface area contributed by atoms with Gasteiger partial charge in [0.15, 0.2) is 0 Å². The third-order valence-corrected chi connectivity index (χ3v) is 3.44. The van der Waals surface area contributed by atoms with E-state index in [9.17, 15) is 0 Å². The molecule has 0 fully saturated rings. The Labute approximate surface area is 108 Å². The summed E-state index contributed by atoms with van der Waals surface area (Å²) in [6, 6.07) is 4.50. The molecule has 0 spiro atoms. The Morgan fingerprint density at radius 3 is 2.83 bits per heavy atom. The van der Waals surface area contributed by atoms with Gasteiger partial charge in [0.05, 0.1) is 18.8 Å². The molecule has 2 heterocycles. The number of pyridine rings is 1. The van der Waals surface area contributed by atoms with Gasteiger partial charge in [0.25, 0.3) is 0 Å². The van der Waals surface area contributed by atoms with Crippen LogP contribution in [0.25, 0.3) is 5.52 Å². The van der Waals surface area contributed by atoms with Crippen LogP contribution < -0.4 is 4.74 Å². The molecule has 98 valence electrons. The smallest absolute Gasteiger partial charge is 0.122 e. The van der Waals surface area contributed by atoms with Crippen molar-refractivity contribution in [3.8, 4) is 5.75 Å². The van der Waals surface area contributed by atoms with Crippen LogP contribution in [0.5, 0.6) is 5.75 Å². The molecule has 18 heavy (non-hydrogen) atoms. The summed E-state index contributed by atoms with van der Waals surface area (Å²) in [5.41, 5.74) is 1.08. The molecule has 2 aromatic rings. The summed E-state index contributed by atoms with van der Waals surface area (Å²) in [7, 11) is 5.92. The van der Waals surface area contributed by atoms with E-state index in [1.807, 2.05) is 24.5 Å². The fourth-order valence-corrected chi connectivity index (χ4v) is 2.22. The van der Waals surface area contributed by atoms with E-state index in [-0.39, 0.29) is 0 Å². The van der Waals surface area contributed by atoms with Gasteiger partial charge in [-0.1, -0.05) is 6.92 Å². The highest BCUT2D eigenvalue weighted by Gasteiger charge is 2.13. The monoisotopic (exact) mass is 247 g/mol. The first-order valence-electron chi connectivity index (χ1n) is 6.32. The molecular formula is C14H21N3O. The van der Waals surface area contributed by atoms with Crippen molar-refractivity contribution in [1.29, 1.82) is 0 Å². The second-order valence-electron chi connectivity index (χ2n) is 4.77. The molecule has 0 N–H and O–H groups in total. The standard InChI is InChI=1S/C14H21N3O/c1-5-11(16(2)3)9-14-15-10-12-8-13(18-4)6-7-17(12)14/h6-8,10-11H,5,9H2,1-4H3. The maximum atomic E-state index is 5.22. The van der Waals surface area contributed by atoms with Gasteiger partial charge in [-0.15, -0.1) is 0 Å². The zero-order valence-corrected chi connectivity index (χ0v) is 11.6. The minimum absolute atomic E-state index is 0.526. The van der Waals surface area contributed by atoms with Crippen LogP contribution in [0.15, 0.2) is 24.5 Å². The fraction of sp³-hybridized carbons (Fsp3) is 0.500. The summed E-state index contributed by atoms with van der Waals surface area (Å²) < 4.78 is 7.36. The van der Waals surface area contributed by atoms with E-state index < -0.39 is 0 Å². The number of aromatic nitrogens is 2. The SMILES string of the molecule is CCC(Cc1ncc2cc(OC)ccn12)N(C)C. The molecular weight excluding hydrogens is 226 g/mol. The first kappa shape index (κ1) is 12.9. The Morgan fingerprint density at radius 2 is 2.22 bits per heavy atom. The van der Waals surface area contributed by atoms with Gasteiger partial charge in [0.2, 0.25) is 0 Å². The van der Waals surface area contributed by atoms with Gasteiger partial charge in [-0.25, -0.2) is 4.98 Å². The van der Waals surface area contributed by atoms with Crippen LogP contribution in [0, 0.1) is 0 Å². The van der Waals surface area contributed by atoms with Crippen molar-refractivity contribution in [2.75, 3.05) is 21.2 Å². The Kier molecular flexibility index (Phi) is 3.87. The topological polar surface area (TPSA) is 29.8 Å². The van der Waals surface area contributed by atoms with Gasteiger partial charge < -0.3 is 14.0 Å². The second-order valence-corrected chi connectivity index (χ2v) is 4.77. The molecule has 0 aliphatic rings. The summed E-state index contributed by atoms with van der Waals surface area (Å²) in [6.45, 7) is 2.21. The molecule has 1 unspecified atom stereocenters. The summed E-state index contributed by atoms with van der Waals surface area (Å²) >= 11 is 0. The van der Waals surface area contributed by atoms with Crippen LogP contribution in [-0.4, -0.2) is 41.5 Å². The molecule has 4 nitrogen and oxygen atoms in total. The molecule has 2 aromatic heterocycles. The molecule has 1 atom stereocenters. The molecule has 0 radical (unpaired) electrons. The van der Waals surface area contributed by atoms with Gasteiger partial charge in [-0.2, -0.15) is 0 Å². The lowest BCUT2D eigenvalue weighted by Gasteiger charge is -2.22. The van der Waals surface area contributed by atoms with Crippen LogP contribution in [0.2, 0.25) is 0 Å². The Hall–Kier alpha value is -1.55. The Bertz CT molecular complexity index is 519. The third kappa shape index (κ3) is 2.48. The number of imidazole rings is 1. The predicted octanol–water partition coefficient (Wildman–Crippen LogP) is 2.23. The fourth-order valence-electron chi connectivity index (χ4n) is 2.22. The lowest BCUT2D eigenvalue weighted by atomic mass is 10.1. The van der Waals surface area contributed by atoms with Crippen LogP contribution in [-0.2, 0) is 6.42 Å². The average molecular weight is 247 g/mol. The van der Waals surface area contributed by atoms with Gasteiger partial charge in [0, 0.05) is 24.7 Å². The zero-order valence-electron chi connectivity index (χ0n) is 11.6. The molecule has 0 amide bonds. The van der Waals surface area contributed by atoms with Crippen molar-refractivity contribution in [2.45, 2.75) is 25.8 Å². The van der Waals surface area contributed by atoms with Gasteiger partial charge in [0.1, 0.15) is 11.6 Å². The number of nitrogens with zero attached hydrogens (tertiary/aromatic N) is 3. The second kappa shape index (κ2) is 5.40. The molecule has 0 aliphatic carbocycles. The minimum atomic E-state index is 0.526. The van der Waals surface area contributed by atoms with Crippen molar-refractivity contribution in [2.24, 2.45) is 0 Å². The number of hydrogen-bond acceptors (Lipinski definition) is 3. The quantitative estimate of drug-likeness (QED) is 0.811. The number of rotatable bonds is 5. The van der Waals surface area contributed by atoms with Crippen molar-refractivity contribution >= 4 is 5.52 Å². The molecule has 0 saturated carbocycles. The van der Waals surface area contributed by atoms with E-state index in [1.54, 1.807) is 7.11 Å². The zero-order chi connectivity index (χ0) is 13.1. The molecule has 2 rings (SSSR count). The number of hydrogen-bond donors (Lipinski definition) is 0. The third-order valence-electron chi connectivity index (χ3n) is 3.44. The Balaban J connectivity index is 2.29. The molecule has 0 saturated heterocycles. The van der Waals surface area contributed by atoms with E-state index >= 15 is 0 Å². The van der Waals surface area contributed by atoms with Crippen molar-refractivity contribution in [1.82, 2.24) is 14.3 Å². The minimum Gasteiger partial charge on any atom is -0.497 e. The normalized spacial score (nSPS) is 13.2. The van der Waals surface area contributed by atoms with E-state index in [2.05, 4.69) is 35.3 Å². The lowest BCUT2D eigenvalue weighted by Crippen LogP contribution is -2.29. The molecule has 0 aliphatic heterocycles. The molecule has 0 aromatic carbocycles. The highest BCUT2D eigenvalue weighted by molar-refractivity contribution is 5.50. The van der Waals surface area contributed by atoms with Crippen molar-refractivity contribution in [3.63, 3.8) is 0 Å². The number of methoxy groups -OCH3 is 1. The van der Waals surface area contributed by atoms with Crippen molar-refractivity contribution < 1.29 is 4.74 Å². The van der Waals surface area contributed by atoms with E-state index in [4.69, 9.17) is 4.74 Å². The highest BCUT2D eigenvalue weighted by Crippen LogP contribution is 2.17. The first-order chi connectivity index (χ1) is 8.65. The number of ether oxygens (including phenoxy) is 1. The van der Waals surface area contributed by atoms with E-state index in [0.29, 0.717) is 6.04 Å². The summed E-state index contributed by atoms with van der Waals surface area (Å²) in [6.07, 6.45) is 6.02. The first-order valence-corrected chi connectivity index (χ1v) is 6.32. The van der Waals surface area contributed by atoms with E-state index in [0.717, 1.165) is 29.9 Å². The molecule has 4 heteroatoms. The van der Waals surface area contributed by atoms with Crippen LogP contribution >= 0.6 is 0 Å². The number of fused-ring (bicyclic) bond motifs is 1. The van der Waals surface area contributed by atoms with Gasteiger partial charge in [-0.3, -0.25) is 0 Å². The van der Waals surface area contributed by atoms with Crippen molar-refractivity contribution in [3.05, 3.63) is 30.4 Å². The van der Waals surface area contributed by atoms with Crippen LogP contribution in [0.4, 0.5) is 0 Å². The number of likely N-dealkylation sites (N-methyl/N-ethyl adjacent to an activating group) is 1. The lowest BCUT2D eigenvalue weighted by molar-refractivity contribution is 0.280. The van der Waals surface area contributed by atoms with Gasteiger partial charge in [-0.05, 0) is 26.6 Å². The van der Waals surface area contributed by atoms with Crippen LogP contribution in [0.3, 0.4) is 0 Å². The van der Waals surface area contributed by atoms with E-state index in [1.165, 1.54) is 0 Å². The maximum Gasteiger partial charge on any atom is 0.122 e. The summed E-state index contributed by atoms with van der Waals surface area (Å²) in [4.78, 5) is 6.78. The molecule has 0 bridgehead atoms. The van der Waals surface area contributed by atoms with Gasteiger partial charge >= 0.3 is 0 Å². The van der Waals surface area contributed by atoms with Crippen LogP contribution in [0.1, 0.15) is 19.2 Å².